The van der Waals surface area contributed by atoms with Crippen molar-refractivity contribution in [3.63, 3.8) is 0 Å². The van der Waals surface area contributed by atoms with Gasteiger partial charge in [-0.2, -0.15) is 0 Å². The van der Waals surface area contributed by atoms with E-state index in [1.807, 2.05) is 6.07 Å². The van der Waals surface area contributed by atoms with Crippen molar-refractivity contribution < 1.29 is 24.2 Å². The Morgan fingerprint density at radius 1 is 1.33 bits per heavy atom. The Morgan fingerprint density at radius 2 is 2.00 bits per heavy atom. The third kappa shape index (κ3) is 4.65. The van der Waals surface area contributed by atoms with Crippen LogP contribution in [0.3, 0.4) is 0 Å². The molecule has 6 heteroatoms. The molecule has 1 rings (SSSR count). The molecule has 1 aromatic carbocycles. The van der Waals surface area contributed by atoms with Gasteiger partial charge in [-0.3, -0.25) is 9.59 Å². The fourth-order valence-corrected chi connectivity index (χ4v) is 1.30. The fourth-order valence-electron chi connectivity index (χ4n) is 1.30. The molecule has 0 spiro atoms. The van der Waals surface area contributed by atoms with Crippen molar-refractivity contribution in [1.82, 2.24) is 5.32 Å². The quantitative estimate of drug-likeness (QED) is 0.537. The number of carboxylic acid groups (broad SMARTS) is 1. The highest BCUT2D eigenvalue weighted by Gasteiger charge is 2.22. The van der Waals surface area contributed by atoms with Crippen molar-refractivity contribution in [2.24, 2.45) is 0 Å². The first kappa shape index (κ1) is 13.7. The molecule has 1 unspecified atom stereocenters. The minimum Gasteiger partial charge on any atom is -0.481 e. The van der Waals surface area contributed by atoms with Gasteiger partial charge in [0.25, 0.3) is 0 Å². The van der Waals surface area contributed by atoms with Gasteiger partial charge in [0, 0.05) is 0 Å². The first-order valence-electron chi connectivity index (χ1n) is 5.25. The van der Waals surface area contributed by atoms with Crippen LogP contribution in [0.1, 0.15) is 12.0 Å². The van der Waals surface area contributed by atoms with Crippen molar-refractivity contribution in [2.75, 3.05) is 0 Å². The van der Waals surface area contributed by atoms with E-state index >= 15 is 0 Å². The second-order valence-corrected chi connectivity index (χ2v) is 3.53. The van der Waals surface area contributed by atoms with Crippen LogP contribution in [0.5, 0.6) is 0 Å². The van der Waals surface area contributed by atoms with Gasteiger partial charge in [-0.25, -0.2) is 4.79 Å². The average Bonchev–Trinajstić information content (AvgIpc) is 2.36. The topological polar surface area (TPSA) is 92.7 Å². The zero-order valence-electron chi connectivity index (χ0n) is 9.54. The van der Waals surface area contributed by atoms with Crippen LogP contribution < -0.4 is 5.32 Å². The van der Waals surface area contributed by atoms with E-state index in [1.165, 1.54) is 0 Å². The molecule has 6 nitrogen and oxygen atoms in total. The number of rotatable bonds is 7. The molecule has 0 aliphatic carbocycles. The molecule has 0 saturated carbocycles. The summed E-state index contributed by atoms with van der Waals surface area (Å²) in [6.07, 6.45) is -0.232. The van der Waals surface area contributed by atoms with Gasteiger partial charge in [-0.05, 0) is 5.56 Å². The molecule has 1 amide bonds. The van der Waals surface area contributed by atoms with Crippen LogP contribution in [-0.4, -0.2) is 29.5 Å². The number of hydrogen-bond donors (Lipinski definition) is 2. The van der Waals surface area contributed by atoms with E-state index in [2.05, 4.69) is 5.32 Å². The van der Waals surface area contributed by atoms with Gasteiger partial charge in [-0.1, -0.05) is 30.3 Å². The van der Waals surface area contributed by atoms with E-state index in [-0.39, 0.29) is 13.0 Å². The summed E-state index contributed by atoms with van der Waals surface area (Å²) < 4.78 is 4.92. The molecule has 0 heterocycles. The van der Waals surface area contributed by atoms with Gasteiger partial charge < -0.3 is 15.2 Å². The van der Waals surface area contributed by atoms with Gasteiger partial charge in [-0.15, -0.1) is 0 Å². The normalized spacial score (nSPS) is 11.3. The number of aliphatic carboxylic acids is 1. The summed E-state index contributed by atoms with van der Waals surface area (Å²) in [5.74, 6) is -1.96. The van der Waals surface area contributed by atoms with Crippen molar-refractivity contribution in [3.8, 4) is 0 Å². The van der Waals surface area contributed by atoms with Crippen LogP contribution in [0.4, 0.5) is 0 Å². The summed E-state index contributed by atoms with van der Waals surface area (Å²) in [7, 11) is 0. The highest BCUT2D eigenvalue weighted by Crippen LogP contribution is 2.03. The van der Waals surface area contributed by atoms with Crippen LogP contribution in [0, 0.1) is 0 Å². The third-order valence-electron chi connectivity index (χ3n) is 2.16. The molecule has 1 aromatic rings. The Labute approximate surface area is 104 Å². The lowest BCUT2D eigenvalue weighted by molar-refractivity contribution is -0.152. The average molecular weight is 251 g/mol. The zero-order valence-corrected chi connectivity index (χ0v) is 9.54. The Hall–Kier alpha value is -2.37. The largest absolute Gasteiger partial charge is 0.481 e. The van der Waals surface area contributed by atoms with E-state index in [0.717, 1.165) is 5.56 Å². The number of carbonyl (C=O) groups excluding carboxylic acids is 2. The number of hydrogen-bond acceptors (Lipinski definition) is 4. The van der Waals surface area contributed by atoms with Crippen LogP contribution >= 0.6 is 0 Å². The van der Waals surface area contributed by atoms with E-state index in [4.69, 9.17) is 9.84 Å². The maximum absolute atomic E-state index is 11.5. The van der Waals surface area contributed by atoms with E-state index in [0.29, 0.717) is 0 Å². The lowest BCUT2D eigenvalue weighted by Crippen LogP contribution is -2.39. The number of amides is 1. The molecular weight excluding hydrogens is 238 g/mol. The summed E-state index contributed by atoms with van der Waals surface area (Å²) in [5.41, 5.74) is 0.783. The lowest BCUT2D eigenvalue weighted by Gasteiger charge is -2.13. The molecule has 96 valence electrons. The van der Waals surface area contributed by atoms with Crippen LogP contribution in [-0.2, 0) is 25.7 Å². The van der Waals surface area contributed by atoms with Gasteiger partial charge in [0.15, 0.2) is 0 Å². The molecule has 0 aliphatic heterocycles. The second-order valence-electron chi connectivity index (χ2n) is 3.53. The summed E-state index contributed by atoms with van der Waals surface area (Å²) in [4.78, 5) is 32.3. The Morgan fingerprint density at radius 3 is 2.56 bits per heavy atom. The highest BCUT2D eigenvalue weighted by atomic mass is 16.5. The van der Waals surface area contributed by atoms with E-state index < -0.39 is 24.4 Å². The molecule has 0 saturated heterocycles. The standard InChI is InChI=1S/C12H13NO5/c14-8-13-10(6-11(15)16)12(17)18-7-9-4-2-1-3-5-9/h1-5,8,10H,6-7H2,(H,13,14)(H,15,16). The molecule has 2 N–H and O–H groups in total. The van der Waals surface area contributed by atoms with Crippen molar-refractivity contribution in [3.05, 3.63) is 35.9 Å². The lowest BCUT2D eigenvalue weighted by atomic mass is 10.2. The second kappa shape index (κ2) is 7.05. The van der Waals surface area contributed by atoms with Crippen molar-refractivity contribution in [1.29, 1.82) is 0 Å². The van der Waals surface area contributed by atoms with Crippen molar-refractivity contribution in [2.45, 2.75) is 19.1 Å². The number of carbonyl (C=O) groups is 3. The van der Waals surface area contributed by atoms with Crippen LogP contribution in [0.15, 0.2) is 30.3 Å². The van der Waals surface area contributed by atoms with Crippen LogP contribution in [0.25, 0.3) is 0 Å². The first-order valence-corrected chi connectivity index (χ1v) is 5.25. The number of nitrogens with one attached hydrogen (secondary N) is 1. The predicted octanol–water partition coefficient (Wildman–Crippen LogP) is 0.319. The summed E-state index contributed by atoms with van der Waals surface area (Å²) in [5, 5.41) is 10.7. The molecule has 0 aliphatic rings. The number of benzene rings is 1. The molecule has 18 heavy (non-hydrogen) atoms. The molecule has 0 radical (unpaired) electrons. The van der Waals surface area contributed by atoms with Gasteiger partial charge in [0.05, 0.1) is 6.42 Å². The van der Waals surface area contributed by atoms with Gasteiger partial charge in [0.1, 0.15) is 12.6 Å². The molecular formula is C12H13NO5. The summed E-state index contributed by atoms with van der Waals surface area (Å²) in [6, 6.07) is 7.79. The number of carboxylic acids is 1. The first-order chi connectivity index (χ1) is 8.63. The SMILES string of the molecule is O=CNC(CC(=O)O)C(=O)OCc1ccccc1. The molecule has 1 atom stereocenters. The Bertz CT molecular complexity index is 418. The zero-order chi connectivity index (χ0) is 13.4. The minimum atomic E-state index is -1.19. The Balaban J connectivity index is 2.51. The van der Waals surface area contributed by atoms with Crippen LogP contribution in [0.2, 0.25) is 0 Å². The maximum Gasteiger partial charge on any atom is 0.329 e. The van der Waals surface area contributed by atoms with E-state index in [9.17, 15) is 14.4 Å². The summed E-state index contributed by atoms with van der Waals surface area (Å²) >= 11 is 0. The van der Waals surface area contributed by atoms with Gasteiger partial charge in [0.2, 0.25) is 6.41 Å². The third-order valence-corrected chi connectivity index (χ3v) is 2.16. The molecule has 0 fully saturated rings. The smallest absolute Gasteiger partial charge is 0.329 e. The number of esters is 1. The monoisotopic (exact) mass is 251 g/mol. The Kier molecular flexibility index (Phi) is 5.37. The van der Waals surface area contributed by atoms with E-state index in [1.54, 1.807) is 24.3 Å². The van der Waals surface area contributed by atoms with Crippen molar-refractivity contribution >= 4 is 18.3 Å². The minimum absolute atomic E-state index is 0.0380. The number of ether oxygens (including phenoxy) is 1. The predicted molar refractivity (Wildman–Crippen MR) is 61.5 cm³/mol. The summed E-state index contributed by atoms with van der Waals surface area (Å²) in [6.45, 7) is 0.0380. The molecule has 0 bridgehead atoms. The molecule has 0 aromatic heterocycles. The maximum atomic E-state index is 11.5. The fraction of sp³-hybridized carbons (Fsp3) is 0.250. The van der Waals surface area contributed by atoms with Gasteiger partial charge >= 0.3 is 11.9 Å². The highest BCUT2D eigenvalue weighted by molar-refractivity contribution is 5.83.